The topological polar surface area (TPSA) is 12.0 Å². The Kier molecular flexibility index (Phi) is 7.08. The molecule has 4 fully saturated rings. The van der Waals surface area contributed by atoms with E-state index in [1.807, 2.05) is 19.4 Å². The van der Waals surface area contributed by atoms with Crippen LogP contribution in [0.1, 0.15) is 106 Å². The molecule has 0 amide bonds. The largest absolute Gasteiger partial charge is 0.314 e. The Morgan fingerprint density at radius 2 is 1.77 bits per heavy atom. The first kappa shape index (κ1) is 22.9. The highest BCUT2D eigenvalue weighted by atomic mass is 14.9. The summed E-state index contributed by atoms with van der Waals surface area (Å²) >= 11 is 0. The summed E-state index contributed by atoms with van der Waals surface area (Å²) in [5, 5.41) is 3.85. The highest BCUT2D eigenvalue weighted by Crippen LogP contribution is 2.67. The molecule has 172 valence electrons. The van der Waals surface area contributed by atoms with Gasteiger partial charge in [0, 0.05) is 6.04 Å². The summed E-state index contributed by atoms with van der Waals surface area (Å²) < 4.78 is 0. The fourth-order valence-electron chi connectivity index (χ4n) is 9.42. The molecule has 0 radical (unpaired) electrons. The molecule has 1 N–H and O–H groups in total. The SMILES string of the molecule is CC.CC1CCC2(C)C(=CCC3C4CCC(CC5CCCCN5)C(C)C4C(C)C32)C1. The van der Waals surface area contributed by atoms with Crippen LogP contribution < -0.4 is 5.32 Å². The Labute approximate surface area is 188 Å². The van der Waals surface area contributed by atoms with Crippen molar-refractivity contribution in [1.82, 2.24) is 5.32 Å². The van der Waals surface area contributed by atoms with Crippen molar-refractivity contribution in [2.45, 2.75) is 112 Å². The fourth-order valence-corrected chi connectivity index (χ4v) is 9.42. The fraction of sp³-hybridized carbons (Fsp3) is 0.931. The summed E-state index contributed by atoms with van der Waals surface area (Å²) in [4.78, 5) is 0. The molecule has 1 saturated heterocycles. The average Bonchev–Trinajstić information content (AvgIpc) is 3.06. The van der Waals surface area contributed by atoms with E-state index in [1.165, 1.54) is 70.8 Å². The van der Waals surface area contributed by atoms with Gasteiger partial charge in [-0.25, -0.2) is 0 Å². The zero-order valence-corrected chi connectivity index (χ0v) is 21.1. The molecule has 4 aliphatic carbocycles. The van der Waals surface area contributed by atoms with Gasteiger partial charge >= 0.3 is 0 Å². The van der Waals surface area contributed by atoms with Gasteiger partial charge in [0.2, 0.25) is 0 Å². The van der Waals surface area contributed by atoms with Crippen molar-refractivity contribution in [2.24, 2.45) is 52.8 Å². The number of hydrogen-bond acceptors (Lipinski definition) is 1. The average molecular weight is 414 g/mol. The first-order valence-electron chi connectivity index (χ1n) is 13.9. The molecule has 1 heteroatoms. The Balaban J connectivity index is 0.00000106. The number of nitrogens with one attached hydrogen (secondary N) is 1. The van der Waals surface area contributed by atoms with Crippen LogP contribution in [0.25, 0.3) is 0 Å². The van der Waals surface area contributed by atoms with E-state index >= 15 is 0 Å². The molecular formula is C29H51N. The summed E-state index contributed by atoms with van der Waals surface area (Å²) in [5.74, 6) is 7.78. The van der Waals surface area contributed by atoms with Crippen LogP contribution in [-0.4, -0.2) is 12.6 Å². The van der Waals surface area contributed by atoms with E-state index in [0.717, 1.165) is 53.4 Å². The van der Waals surface area contributed by atoms with Crippen LogP contribution in [0.4, 0.5) is 0 Å². The van der Waals surface area contributed by atoms with Gasteiger partial charge in [0.25, 0.3) is 0 Å². The van der Waals surface area contributed by atoms with Crippen LogP contribution in [0.3, 0.4) is 0 Å². The van der Waals surface area contributed by atoms with Gasteiger partial charge in [-0.1, -0.05) is 59.6 Å². The van der Waals surface area contributed by atoms with Crippen molar-refractivity contribution < 1.29 is 0 Å². The van der Waals surface area contributed by atoms with E-state index in [2.05, 4.69) is 39.1 Å². The Bertz CT molecular complexity index is 601. The van der Waals surface area contributed by atoms with Crippen molar-refractivity contribution in [3.63, 3.8) is 0 Å². The predicted octanol–water partition coefficient (Wildman–Crippen LogP) is 7.86. The predicted molar refractivity (Wildman–Crippen MR) is 130 cm³/mol. The van der Waals surface area contributed by atoms with Crippen LogP contribution in [-0.2, 0) is 0 Å². The first-order chi connectivity index (χ1) is 14.5. The maximum absolute atomic E-state index is 3.85. The minimum atomic E-state index is 0.534. The van der Waals surface area contributed by atoms with Crippen molar-refractivity contribution in [3.05, 3.63) is 11.6 Å². The number of allylic oxidation sites excluding steroid dienone is 2. The lowest BCUT2D eigenvalue weighted by atomic mass is 9.54. The third kappa shape index (κ3) is 3.84. The van der Waals surface area contributed by atoms with Gasteiger partial charge in [0.05, 0.1) is 0 Å². The van der Waals surface area contributed by atoms with Crippen LogP contribution in [0.2, 0.25) is 0 Å². The van der Waals surface area contributed by atoms with E-state index in [1.54, 1.807) is 0 Å². The van der Waals surface area contributed by atoms with Gasteiger partial charge in [0.15, 0.2) is 0 Å². The Morgan fingerprint density at radius 3 is 2.50 bits per heavy atom. The summed E-state index contributed by atoms with van der Waals surface area (Å²) in [7, 11) is 0. The molecule has 3 saturated carbocycles. The molecule has 0 spiro atoms. The Morgan fingerprint density at radius 1 is 0.967 bits per heavy atom. The van der Waals surface area contributed by atoms with E-state index in [9.17, 15) is 0 Å². The molecule has 1 heterocycles. The highest BCUT2D eigenvalue weighted by Gasteiger charge is 2.59. The molecule has 10 atom stereocenters. The summed E-state index contributed by atoms with van der Waals surface area (Å²) in [6.45, 7) is 15.8. The van der Waals surface area contributed by atoms with Crippen LogP contribution in [0.5, 0.6) is 0 Å². The van der Waals surface area contributed by atoms with E-state index in [-0.39, 0.29) is 0 Å². The van der Waals surface area contributed by atoms with E-state index in [4.69, 9.17) is 0 Å². The van der Waals surface area contributed by atoms with Gasteiger partial charge in [-0.15, -0.1) is 0 Å². The van der Waals surface area contributed by atoms with Crippen LogP contribution in [0.15, 0.2) is 11.6 Å². The molecular weight excluding hydrogens is 362 g/mol. The molecule has 5 rings (SSSR count). The second-order valence-corrected chi connectivity index (χ2v) is 12.1. The second-order valence-electron chi connectivity index (χ2n) is 12.1. The van der Waals surface area contributed by atoms with Crippen molar-refractivity contribution >= 4 is 0 Å². The lowest BCUT2D eigenvalue weighted by Crippen LogP contribution is -2.41. The van der Waals surface area contributed by atoms with E-state index in [0.29, 0.717) is 5.41 Å². The molecule has 0 aromatic heterocycles. The summed E-state index contributed by atoms with van der Waals surface area (Å²) in [6, 6.07) is 0.822. The molecule has 5 aliphatic rings. The highest BCUT2D eigenvalue weighted by molar-refractivity contribution is 5.26. The Hall–Kier alpha value is -0.300. The van der Waals surface area contributed by atoms with Crippen molar-refractivity contribution in [3.8, 4) is 0 Å². The second kappa shape index (κ2) is 9.29. The molecule has 0 aromatic carbocycles. The van der Waals surface area contributed by atoms with Crippen LogP contribution in [0, 0.1) is 52.8 Å². The van der Waals surface area contributed by atoms with Gasteiger partial charge in [0.1, 0.15) is 0 Å². The smallest absolute Gasteiger partial charge is 0.00698 e. The maximum Gasteiger partial charge on any atom is 0.00698 e. The molecule has 1 aliphatic heterocycles. The summed E-state index contributed by atoms with van der Waals surface area (Å²) in [5.41, 5.74) is 2.40. The zero-order chi connectivity index (χ0) is 21.5. The number of rotatable bonds is 2. The standard InChI is InChI=1S/C27H45N.C2H6/c1-17-12-13-27(4)21(15-17)9-11-24-23-10-8-20(16-22-7-5-6-14-28-22)18(2)25(23)19(3)26(24)27;1-2/h9,17-20,22-26,28H,5-8,10-16H2,1-4H3;1-2H3. The lowest BCUT2D eigenvalue weighted by Gasteiger charge is -2.50. The van der Waals surface area contributed by atoms with Gasteiger partial charge in [-0.05, 0) is 117 Å². The maximum atomic E-state index is 3.85. The third-order valence-corrected chi connectivity index (χ3v) is 10.7. The van der Waals surface area contributed by atoms with Crippen molar-refractivity contribution in [1.29, 1.82) is 0 Å². The minimum Gasteiger partial charge on any atom is -0.314 e. The van der Waals surface area contributed by atoms with Crippen molar-refractivity contribution in [2.75, 3.05) is 6.54 Å². The minimum absolute atomic E-state index is 0.534. The van der Waals surface area contributed by atoms with Gasteiger partial charge in [-0.2, -0.15) is 0 Å². The lowest BCUT2D eigenvalue weighted by molar-refractivity contribution is 0.0687. The molecule has 0 aromatic rings. The molecule has 30 heavy (non-hydrogen) atoms. The number of fused-ring (bicyclic) bond motifs is 5. The molecule has 10 unspecified atom stereocenters. The third-order valence-electron chi connectivity index (χ3n) is 10.7. The monoisotopic (exact) mass is 413 g/mol. The molecule has 1 nitrogen and oxygen atoms in total. The zero-order valence-electron chi connectivity index (χ0n) is 21.1. The van der Waals surface area contributed by atoms with Gasteiger partial charge < -0.3 is 5.32 Å². The van der Waals surface area contributed by atoms with Crippen LogP contribution >= 0.6 is 0 Å². The number of piperidine rings is 1. The summed E-state index contributed by atoms with van der Waals surface area (Å²) in [6.07, 6.45) is 17.3. The quantitative estimate of drug-likeness (QED) is 0.454. The number of hydrogen-bond donors (Lipinski definition) is 1. The normalized spacial score (nSPS) is 50.3. The molecule has 0 bridgehead atoms. The van der Waals surface area contributed by atoms with E-state index < -0.39 is 0 Å². The first-order valence-corrected chi connectivity index (χ1v) is 13.9. The van der Waals surface area contributed by atoms with Gasteiger partial charge in [-0.3, -0.25) is 0 Å².